The third kappa shape index (κ3) is 4.53. The van der Waals surface area contributed by atoms with Crippen molar-refractivity contribution in [3.05, 3.63) is 30.3 Å². The van der Waals surface area contributed by atoms with Gasteiger partial charge < -0.3 is 0 Å². The van der Waals surface area contributed by atoms with Crippen molar-refractivity contribution in [3.63, 3.8) is 0 Å². The minimum atomic E-state index is -2.11. The van der Waals surface area contributed by atoms with Gasteiger partial charge in [0.1, 0.15) is 0 Å². The van der Waals surface area contributed by atoms with E-state index >= 15 is 0 Å². The van der Waals surface area contributed by atoms with Crippen molar-refractivity contribution < 1.29 is 9.05 Å². The first-order valence-electron chi connectivity index (χ1n) is 6.40. The Morgan fingerprint density at radius 1 is 1.11 bits per heavy atom. The molecule has 102 valence electrons. The van der Waals surface area contributed by atoms with Crippen molar-refractivity contribution in [2.45, 2.75) is 27.2 Å². The van der Waals surface area contributed by atoms with Gasteiger partial charge >= 0.3 is 118 Å². The number of rotatable bonds is 8. The fourth-order valence-corrected chi connectivity index (χ4v) is 5.85. The molecule has 1 rings (SSSR count). The van der Waals surface area contributed by atoms with Gasteiger partial charge in [0.05, 0.1) is 0 Å². The van der Waals surface area contributed by atoms with Gasteiger partial charge in [-0.05, 0) is 0 Å². The van der Waals surface area contributed by atoms with Crippen LogP contribution in [-0.2, 0) is 4.52 Å². The number of para-hydroxylation sites is 1. The first kappa shape index (κ1) is 15.9. The zero-order chi connectivity index (χ0) is 13.4. The summed E-state index contributed by atoms with van der Waals surface area (Å²) in [5.74, 6) is 0.854. The molecule has 1 aromatic rings. The molecule has 0 aromatic heterocycles. The number of hydrogen-bond donors (Lipinski definition) is 0. The average Bonchev–Trinajstić information content (AvgIpc) is 2.39. The quantitative estimate of drug-likeness (QED) is 0.535. The third-order valence-corrected chi connectivity index (χ3v) is 7.29. The second-order valence-electron chi connectivity index (χ2n) is 3.85. The van der Waals surface area contributed by atoms with E-state index in [1.165, 1.54) is 0 Å². The van der Waals surface area contributed by atoms with E-state index in [-0.39, 0.29) is 0 Å². The Kier molecular flexibility index (Phi) is 7.21. The molecule has 3 nitrogen and oxygen atoms in total. The van der Waals surface area contributed by atoms with Crippen molar-refractivity contribution >= 4 is 21.2 Å². The SMILES string of the molecule is CCCOP(=[Se])(Oc1ccccc1)N(CC)CC. The molecule has 0 heterocycles. The van der Waals surface area contributed by atoms with Crippen molar-refractivity contribution in [2.24, 2.45) is 0 Å². The number of benzene rings is 1. The predicted molar refractivity (Wildman–Crippen MR) is 78.9 cm³/mol. The van der Waals surface area contributed by atoms with Gasteiger partial charge in [-0.15, -0.1) is 0 Å². The van der Waals surface area contributed by atoms with Crippen LogP contribution >= 0.6 is 6.11 Å². The molecule has 0 spiro atoms. The van der Waals surface area contributed by atoms with E-state index in [1.807, 2.05) is 30.3 Å². The normalized spacial score (nSPS) is 14.4. The van der Waals surface area contributed by atoms with Gasteiger partial charge in [-0.25, -0.2) is 0 Å². The van der Waals surface area contributed by atoms with E-state index in [9.17, 15) is 0 Å². The molecule has 0 aliphatic carbocycles. The Labute approximate surface area is 118 Å². The van der Waals surface area contributed by atoms with Crippen LogP contribution in [0.4, 0.5) is 0 Å². The van der Waals surface area contributed by atoms with E-state index in [2.05, 4.69) is 40.5 Å². The van der Waals surface area contributed by atoms with E-state index in [0.717, 1.165) is 25.3 Å². The molecule has 0 N–H and O–H groups in total. The Balaban J connectivity index is 2.86. The molecule has 0 aliphatic heterocycles. The standard InChI is InChI=1S/C13H22NO2PSe/c1-4-12-15-17(18,14(5-2)6-3)16-13-10-8-7-9-11-13/h7-11H,4-6,12H2,1-3H3. The molecule has 1 aromatic carbocycles. The number of nitrogens with zero attached hydrogens (tertiary/aromatic N) is 1. The Hall–Kier alpha value is -0.111. The van der Waals surface area contributed by atoms with Crippen LogP contribution in [0.25, 0.3) is 0 Å². The zero-order valence-corrected chi connectivity index (χ0v) is 13.9. The maximum atomic E-state index is 6.11. The van der Waals surface area contributed by atoms with Gasteiger partial charge in [0.25, 0.3) is 0 Å². The van der Waals surface area contributed by atoms with E-state index in [4.69, 9.17) is 9.05 Å². The summed E-state index contributed by atoms with van der Waals surface area (Å²) in [6.45, 7) is 8.89. The summed E-state index contributed by atoms with van der Waals surface area (Å²) >= 11 is 3.17. The van der Waals surface area contributed by atoms with Crippen LogP contribution in [-0.4, -0.2) is 39.5 Å². The summed E-state index contributed by atoms with van der Waals surface area (Å²) in [7, 11) is 0. The summed E-state index contributed by atoms with van der Waals surface area (Å²) in [4.78, 5) is 0. The van der Waals surface area contributed by atoms with Crippen molar-refractivity contribution in [1.82, 2.24) is 4.67 Å². The number of hydrogen-bond acceptors (Lipinski definition) is 3. The molecule has 1 unspecified atom stereocenters. The van der Waals surface area contributed by atoms with Crippen LogP contribution in [0.1, 0.15) is 27.2 Å². The van der Waals surface area contributed by atoms with E-state index in [0.29, 0.717) is 6.61 Å². The molecular weight excluding hydrogens is 312 g/mol. The Bertz CT molecular complexity index is 382. The van der Waals surface area contributed by atoms with Crippen molar-refractivity contribution in [1.29, 1.82) is 0 Å². The van der Waals surface area contributed by atoms with E-state index in [1.54, 1.807) is 0 Å². The Morgan fingerprint density at radius 3 is 2.22 bits per heavy atom. The molecule has 0 radical (unpaired) electrons. The summed E-state index contributed by atoms with van der Waals surface area (Å²) in [5, 5.41) is 0. The zero-order valence-electron chi connectivity index (χ0n) is 11.3. The molecule has 0 saturated carbocycles. The van der Waals surface area contributed by atoms with Gasteiger partial charge in [-0.3, -0.25) is 0 Å². The summed E-state index contributed by atoms with van der Waals surface area (Å²) < 4.78 is 14.3. The first-order valence-corrected chi connectivity index (χ1v) is 10.2. The molecule has 18 heavy (non-hydrogen) atoms. The summed E-state index contributed by atoms with van der Waals surface area (Å²) in [5.41, 5.74) is 0. The van der Waals surface area contributed by atoms with Crippen LogP contribution in [0.5, 0.6) is 5.75 Å². The molecule has 0 aliphatic rings. The van der Waals surface area contributed by atoms with Gasteiger partial charge in [0.15, 0.2) is 0 Å². The molecule has 0 bridgehead atoms. The van der Waals surface area contributed by atoms with Crippen LogP contribution in [0, 0.1) is 0 Å². The van der Waals surface area contributed by atoms with Crippen LogP contribution in [0.3, 0.4) is 0 Å². The van der Waals surface area contributed by atoms with Crippen LogP contribution < -0.4 is 4.52 Å². The predicted octanol–water partition coefficient (Wildman–Crippen LogP) is 3.68. The fourth-order valence-electron chi connectivity index (χ4n) is 1.56. The Morgan fingerprint density at radius 2 is 1.72 bits per heavy atom. The second-order valence-corrected chi connectivity index (χ2v) is 8.69. The van der Waals surface area contributed by atoms with Crippen molar-refractivity contribution in [3.8, 4) is 5.75 Å². The van der Waals surface area contributed by atoms with Gasteiger partial charge in [0, 0.05) is 0 Å². The molecule has 5 heteroatoms. The average molecular weight is 334 g/mol. The van der Waals surface area contributed by atoms with Gasteiger partial charge in [-0.1, -0.05) is 0 Å². The van der Waals surface area contributed by atoms with Gasteiger partial charge in [-0.2, -0.15) is 0 Å². The second kappa shape index (κ2) is 8.14. The van der Waals surface area contributed by atoms with E-state index < -0.39 is 6.11 Å². The minimum absolute atomic E-state index is 0.712. The first-order chi connectivity index (χ1) is 8.66. The molecule has 0 saturated heterocycles. The van der Waals surface area contributed by atoms with Crippen molar-refractivity contribution in [2.75, 3.05) is 19.7 Å². The molecule has 1 atom stereocenters. The topological polar surface area (TPSA) is 21.7 Å². The summed E-state index contributed by atoms with van der Waals surface area (Å²) in [6, 6.07) is 9.86. The molecular formula is C13H22NO2PSe. The molecule has 0 fully saturated rings. The van der Waals surface area contributed by atoms with Crippen LogP contribution in [0.15, 0.2) is 30.3 Å². The van der Waals surface area contributed by atoms with Gasteiger partial charge in [0.2, 0.25) is 0 Å². The third-order valence-electron chi connectivity index (χ3n) is 2.50. The molecule has 0 amide bonds. The van der Waals surface area contributed by atoms with Crippen LogP contribution in [0.2, 0.25) is 0 Å². The fraction of sp³-hybridized carbons (Fsp3) is 0.538. The maximum absolute atomic E-state index is 6.11. The monoisotopic (exact) mass is 335 g/mol. The summed E-state index contributed by atoms with van der Waals surface area (Å²) in [6.07, 6.45) is -1.12.